The van der Waals surface area contributed by atoms with Crippen molar-refractivity contribution in [3.8, 4) is 0 Å². The highest BCUT2D eigenvalue weighted by atomic mass is 15.1. The third-order valence-corrected chi connectivity index (χ3v) is 4.11. The summed E-state index contributed by atoms with van der Waals surface area (Å²) in [6.07, 6.45) is 7.23. The average Bonchev–Trinajstić information content (AvgIpc) is 2.06. The van der Waals surface area contributed by atoms with Crippen molar-refractivity contribution in [3.05, 3.63) is 0 Å². The van der Waals surface area contributed by atoms with Crippen molar-refractivity contribution in [2.24, 2.45) is 11.8 Å². The molecule has 0 aromatic heterocycles. The molecule has 1 atom stereocenters. The maximum Gasteiger partial charge on any atom is 0.00106 e. The Kier molecular flexibility index (Phi) is 4.45. The highest BCUT2D eigenvalue weighted by Crippen LogP contribution is 2.19. The van der Waals surface area contributed by atoms with Gasteiger partial charge in [-0.25, -0.2) is 0 Å². The van der Waals surface area contributed by atoms with Crippen LogP contribution in [0.15, 0.2) is 0 Å². The van der Waals surface area contributed by atoms with Gasteiger partial charge in [-0.1, -0.05) is 26.2 Å². The maximum atomic E-state index is 3.38. The van der Waals surface area contributed by atoms with Crippen molar-refractivity contribution in [1.82, 2.24) is 10.2 Å². The molecule has 2 aliphatic rings. The van der Waals surface area contributed by atoms with Crippen molar-refractivity contribution in [1.29, 1.82) is 0 Å². The first kappa shape index (κ1) is 11.4. The van der Waals surface area contributed by atoms with Gasteiger partial charge in [-0.05, 0) is 50.9 Å². The number of nitrogens with zero attached hydrogens (tertiary/aromatic N) is 1. The summed E-state index contributed by atoms with van der Waals surface area (Å²) in [5, 5.41) is 3.38. The molecule has 1 unspecified atom stereocenters. The Morgan fingerprint density at radius 3 is 2.20 bits per heavy atom. The van der Waals surface area contributed by atoms with Gasteiger partial charge >= 0.3 is 0 Å². The van der Waals surface area contributed by atoms with Crippen LogP contribution in [0.25, 0.3) is 0 Å². The smallest absolute Gasteiger partial charge is 0.00106 e. The molecule has 2 fully saturated rings. The lowest BCUT2D eigenvalue weighted by atomic mass is 9.88. The fraction of sp³-hybridized carbons (Fsp3) is 1.00. The van der Waals surface area contributed by atoms with E-state index in [1.165, 1.54) is 64.8 Å². The second-order valence-corrected chi connectivity index (χ2v) is 5.46. The summed E-state index contributed by atoms with van der Waals surface area (Å²) in [5.74, 6) is 1.85. The minimum atomic E-state index is 0.894. The van der Waals surface area contributed by atoms with E-state index in [9.17, 15) is 0 Å². The van der Waals surface area contributed by atoms with E-state index < -0.39 is 0 Å². The molecule has 1 N–H and O–H groups in total. The number of hydrogen-bond acceptors (Lipinski definition) is 2. The monoisotopic (exact) mass is 210 g/mol. The van der Waals surface area contributed by atoms with Gasteiger partial charge in [-0.15, -0.1) is 0 Å². The second-order valence-electron chi connectivity index (χ2n) is 5.46. The molecule has 2 rings (SSSR count). The average molecular weight is 210 g/mol. The van der Waals surface area contributed by atoms with Gasteiger partial charge in [0.25, 0.3) is 0 Å². The minimum absolute atomic E-state index is 0.894. The molecular weight excluding hydrogens is 184 g/mol. The molecule has 0 radical (unpaired) electrons. The van der Waals surface area contributed by atoms with Crippen LogP contribution in [0.5, 0.6) is 0 Å². The molecule has 0 spiro atoms. The Morgan fingerprint density at radius 2 is 1.67 bits per heavy atom. The molecule has 0 aliphatic carbocycles. The summed E-state index contributed by atoms with van der Waals surface area (Å²) >= 11 is 0. The van der Waals surface area contributed by atoms with Crippen molar-refractivity contribution < 1.29 is 0 Å². The zero-order valence-electron chi connectivity index (χ0n) is 10.2. The van der Waals surface area contributed by atoms with Gasteiger partial charge in [-0.3, -0.25) is 0 Å². The van der Waals surface area contributed by atoms with Gasteiger partial charge in [-0.2, -0.15) is 0 Å². The third kappa shape index (κ3) is 3.46. The van der Waals surface area contributed by atoms with E-state index in [1.807, 2.05) is 0 Å². The van der Waals surface area contributed by atoms with E-state index in [0.717, 1.165) is 11.8 Å². The second kappa shape index (κ2) is 5.86. The van der Waals surface area contributed by atoms with Crippen LogP contribution < -0.4 is 5.32 Å². The van der Waals surface area contributed by atoms with Crippen LogP contribution in [0.2, 0.25) is 0 Å². The van der Waals surface area contributed by atoms with Crippen molar-refractivity contribution in [2.75, 3.05) is 32.7 Å². The Balaban J connectivity index is 1.70. The van der Waals surface area contributed by atoms with E-state index in [-0.39, 0.29) is 0 Å². The number of nitrogens with one attached hydrogen (secondary N) is 1. The van der Waals surface area contributed by atoms with Gasteiger partial charge in [0.2, 0.25) is 0 Å². The van der Waals surface area contributed by atoms with Crippen LogP contribution in [-0.2, 0) is 0 Å². The molecule has 2 heterocycles. The van der Waals surface area contributed by atoms with Crippen LogP contribution in [0.4, 0.5) is 0 Å². The molecule has 88 valence electrons. The third-order valence-electron chi connectivity index (χ3n) is 4.11. The first-order valence-electron chi connectivity index (χ1n) is 6.79. The number of likely N-dealkylation sites (tertiary alicyclic amines) is 1. The van der Waals surface area contributed by atoms with Gasteiger partial charge in [0.05, 0.1) is 0 Å². The highest BCUT2D eigenvalue weighted by molar-refractivity contribution is 4.81. The van der Waals surface area contributed by atoms with E-state index in [1.54, 1.807) is 0 Å². The summed E-state index contributed by atoms with van der Waals surface area (Å²) in [7, 11) is 0. The first-order chi connectivity index (χ1) is 7.36. The number of rotatable bonds is 3. The standard InChI is InChI=1S/C13H26N2/c1-12(13-9-14-10-13)11-15-7-5-3-2-4-6-8-15/h12-14H,2-11H2,1H3. The molecule has 2 nitrogen and oxygen atoms in total. The summed E-state index contributed by atoms with van der Waals surface area (Å²) in [6, 6.07) is 0. The lowest BCUT2D eigenvalue weighted by Gasteiger charge is -2.36. The zero-order valence-corrected chi connectivity index (χ0v) is 10.2. The molecule has 0 saturated carbocycles. The first-order valence-corrected chi connectivity index (χ1v) is 6.79. The molecule has 0 aromatic rings. The summed E-state index contributed by atoms with van der Waals surface area (Å²) < 4.78 is 0. The molecule has 0 bridgehead atoms. The topological polar surface area (TPSA) is 15.3 Å². The van der Waals surface area contributed by atoms with E-state index >= 15 is 0 Å². The Hall–Kier alpha value is -0.0800. The minimum Gasteiger partial charge on any atom is -0.316 e. The summed E-state index contributed by atoms with van der Waals surface area (Å²) in [4.78, 5) is 2.71. The Bertz CT molecular complexity index is 169. The van der Waals surface area contributed by atoms with E-state index in [4.69, 9.17) is 0 Å². The van der Waals surface area contributed by atoms with E-state index in [0.29, 0.717) is 0 Å². The molecule has 0 aromatic carbocycles. The molecule has 2 heteroatoms. The zero-order chi connectivity index (χ0) is 10.5. The molecule has 2 aliphatic heterocycles. The van der Waals surface area contributed by atoms with Gasteiger partial charge in [0.15, 0.2) is 0 Å². The van der Waals surface area contributed by atoms with Crippen molar-refractivity contribution in [2.45, 2.75) is 39.0 Å². The molecule has 0 amide bonds. The molecule has 15 heavy (non-hydrogen) atoms. The molecule has 2 saturated heterocycles. The maximum absolute atomic E-state index is 3.38. The highest BCUT2D eigenvalue weighted by Gasteiger charge is 2.24. The normalized spacial score (nSPS) is 27.8. The Morgan fingerprint density at radius 1 is 1.07 bits per heavy atom. The predicted molar refractivity (Wildman–Crippen MR) is 65.0 cm³/mol. The van der Waals surface area contributed by atoms with E-state index in [2.05, 4.69) is 17.1 Å². The quantitative estimate of drug-likeness (QED) is 0.767. The predicted octanol–water partition coefficient (Wildman–Crippen LogP) is 2.11. The lowest BCUT2D eigenvalue weighted by Crippen LogP contribution is -2.48. The van der Waals surface area contributed by atoms with Gasteiger partial charge in [0.1, 0.15) is 0 Å². The Labute approximate surface area is 94.4 Å². The summed E-state index contributed by atoms with van der Waals surface area (Å²) in [5.41, 5.74) is 0. The largest absolute Gasteiger partial charge is 0.316 e. The fourth-order valence-corrected chi connectivity index (χ4v) is 2.77. The van der Waals surface area contributed by atoms with Gasteiger partial charge < -0.3 is 10.2 Å². The van der Waals surface area contributed by atoms with Gasteiger partial charge in [0, 0.05) is 6.54 Å². The van der Waals surface area contributed by atoms with Crippen LogP contribution in [0.1, 0.15) is 39.0 Å². The SMILES string of the molecule is CC(CN1CCCCCCC1)C1CNC1. The summed E-state index contributed by atoms with van der Waals surface area (Å²) in [6.45, 7) is 9.00. The molecular formula is C13H26N2. The fourth-order valence-electron chi connectivity index (χ4n) is 2.77. The van der Waals surface area contributed by atoms with Crippen molar-refractivity contribution >= 4 is 0 Å². The van der Waals surface area contributed by atoms with Crippen LogP contribution in [0, 0.1) is 11.8 Å². The van der Waals surface area contributed by atoms with Crippen LogP contribution in [0.3, 0.4) is 0 Å². The van der Waals surface area contributed by atoms with Crippen LogP contribution in [-0.4, -0.2) is 37.6 Å². The lowest BCUT2D eigenvalue weighted by molar-refractivity contribution is 0.157. The van der Waals surface area contributed by atoms with Crippen molar-refractivity contribution in [3.63, 3.8) is 0 Å². The number of hydrogen-bond donors (Lipinski definition) is 1. The van der Waals surface area contributed by atoms with Crippen LogP contribution >= 0.6 is 0 Å².